The van der Waals surface area contributed by atoms with Crippen molar-refractivity contribution in [3.63, 3.8) is 0 Å². The molecule has 0 amide bonds. The Morgan fingerprint density at radius 1 is 1.60 bits per heavy atom. The van der Waals surface area contributed by atoms with Crippen molar-refractivity contribution in [1.29, 1.82) is 0 Å². The molecule has 0 radical (unpaired) electrons. The first-order valence-corrected chi connectivity index (χ1v) is 4.05. The second-order valence-electron chi connectivity index (χ2n) is 2.12. The van der Waals surface area contributed by atoms with Crippen LogP contribution in [0.1, 0.15) is 10.4 Å². The zero-order valence-electron chi connectivity index (χ0n) is 6.00. The van der Waals surface area contributed by atoms with Gasteiger partial charge < -0.3 is 0 Å². The molecule has 52 valence electrons. The lowest BCUT2D eigenvalue weighted by molar-refractivity contribution is 1.55. The third-order valence-corrected chi connectivity index (χ3v) is 2.16. The first-order valence-electron chi connectivity index (χ1n) is 3.17. The maximum absolute atomic E-state index is 3.60. The van der Waals surface area contributed by atoms with Gasteiger partial charge in [-0.25, -0.2) is 0 Å². The molecule has 0 nitrogen and oxygen atoms in total. The first kappa shape index (κ1) is 7.29. The summed E-state index contributed by atoms with van der Waals surface area (Å²) in [7, 11) is 0. The standard InChI is InChI=1S/C9H10S/c1-3-4-5-9-6-8(2)7-10-9/h3-7H,1H2,2H3/b5-4+. The van der Waals surface area contributed by atoms with Crippen LogP contribution in [0.25, 0.3) is 6.08 Å². The van der Waals surface area contributed by atoms with Crippen LogP contribution in [0.5, 0.6) is 0 Å². The molecule has 0 fully saturated rings. The molecule has 1 aromatic rings. The molecule has 0 N–H and O–H groups in total. The van der Waals surface area contributed by atoms with Gasteiger partial charge in [0, 0.05) is 4.88 Å². The topological polar surface area (TPSA) is 0 Å². The van der Waals surface area contributed by atoms with Gasteiger partial charge in [0.25, 0.3) is 0 Å². The Balaban J connectivity index is 2.75. The number of hydrogen-bond donors (Lipinski definition) is 0. The maximum atomic E-state index is 3.60. The summed E-state index contributed by atoms with van der Waals surface area (Å²) in [6.07, 6.45) is 5.80. The van der Waals surface area contributed by atoms with Crippen LogP contribution < -0.4 is 0 Å². The Labute approximate surface area is 65.5 Å². The normalized spacial score (nSPS) is 10.5. The summed E-state index contributed by atoms with van der Waals surface area (Å²) in [6, 6.07) is 2.16. The molecule has 0 unspecified atom stereocenters. The number of allylic oxidation sites excluding steroid dienone is 2. The summed E-state index contributed by atoms with van der Waals surface area (Å²) >= 11 is 1.75. The minimum Gasteiger partial charge on any atom is -0.144 e. The lowest BCUT2D eigenvalue weighted by Gasteiger charge is -1.77. The molecule has 1 rings (SSSR count). The molecule has 1 heterocycles. The molecule has 0 aliphatic heterocycles. The van der Waals surface area contributed by atoms with Crippen molar-refractivity contribution >= 4 is 17.4 Å². The Bertz CT molecular complexity index is 243. The van der Waals surface area contributed by atoms with Crippen LogP contribution in [-0.4, -0.2) is 0 Å². The lowest BCUT2D eigenvalue weighted by atomic mass is 10.3. The SMILES string of the molecule is C=C/C=C/c1cc(C)cs1. The smallest absolute Gasteiger partial charge is 0.0273 e. The summed E-state index contributed by atoms with van der Waals surface area (Å²) < 4.78 is 0. The third-order valence-electron chi connectivity index (χ3n) is 1.15. The van der Waals surface area contributed by atoms with E-state index in [2.05, 4.69) is 31.0 Å². The van der Waals surface area contributed by atoms with E-state index in [1.807, 2.05) is 6.08 Å². The van der Waals surface area contributed by atoms with Crippen LogP contribution in [0.4, 0.5) is 0 Å². The highest BCUT2D eigenvalue weighted by Gasteiger charge is 1.88. The predicted octanol–water partition coefficient (Wildman–Crippen LogP) is 3.26. The van der Waals surface area contributed by atoms with E-state index >= 15 is 0 Å². The average Bonchev–Trinajstić information content (AvgIpc) is 2.31. The second-order valence-corrected chi connectivity index (χ2v) is 3.06. The first-order chi connectivity index (χ1) is 4.83. The third kappa shape index (κ3) is 1.85. The maximum Gasteiger partial charge on any atom is 0.0273 e. The number of aryl methyl sites for hydroxylation is 1. The average molecular weight is 150 g/mol. The monoisotopic (exact) mass is 150 g/mol. The van der Waals surface area contributed by atoms with Crippen LogP contribution in [0.15, 0.2) is 30.2 Å². The molecule has 0 aliphatic carbocycles. The minimum atomic E-state index is 1.29. The van der Waals surface area contributed by atoms with E-state index in [-0.39, 0.29) is 0 Å². The fourth-order valence-electron chi connectivity index (χ4n) is 0.704. The van der Waals surface area contributed by atoms with E-state index < -0.39 is 0 Å². The van der Waals surface area contributed by atoms with Gasteiger partial charge in [0.05, 0.1) is 0 Å². The van der Waals surface area contributed by atoms with Gasteiger partial charge in [-0.1, -0.05) is 18.7 Å². The molecule has 0 aromatic carbocycles. The van der Waals surface area contributed by atoms with Crippen LogP contribution in [-0.2, 0) is 0 Å². The van der Waals surface area contributed by atoms with Crippen molar-refractivity contribution in [3.05, 3.63) is 40.6 Å². The Hall–Kier alpha value is -0.820. The highest BCUT2D eigenvalue weighted by atomic mass is 32.1. The molecule has 1 heteroatoms. The summed E-state index contributed by atoms with van der Waals surface area (Å²) in [6.45, 7) is 5.70. The molecular weight excluding hydrogens is 140 g/mol. The fourth-order valence-corrected chi connectivity index (χ4v) is 1.50. The molecule has 10 heavy (non-hydrogen) atoms. The van der Waals surface area contributed by atoms with Crippen LogP contribution in [0.2, 0.25) is 0 Å². The van der Waals surface area contributed by atoms with Gasteiger partial charge in [0.15, 0.2) is 0 Å². The quantitative estimate of drug-likeness (QED) is 0.568. The molecule has 1 aromatic heterocycles. The van der Waals surface area contributed by atoms with E-state index in [1.165, 1.54) is 10.4 Å². The van der Waals surface area contributed by atoms with E-state index in [0.29, 0.717) is 0 Å². The molecule has 0 saturated carbocycles. The zero-order chi connectivity index (χ0) is 7.40. The Morgan fingerprint density at radius 3 is 2.90 bits per heavy atom. The fraction of sp³-hybridized carbons (Fsp3) is 0.111. The van der Waals surface area contributed by atoms with Crippen molar-refractivity contribution in [2.45, 2.75) is 6.92 Å². The van der Waals surface area contributed by atoms with Gasteiger partial charge in [-0.2, -0.15) is 0 Å². The minimum absolute atomic E-state index is 1.29. The van der Waals surface area contributed by atoms with Gasteiger partial charge in [-0.15, -0.1) is 11.3 Å². The van der Waals surface area contributed by atoms with Gasteiger partial charge in [0.1, 0.15) is 0 Å². The number of rotatable bonds is 2. The summed E-state index contributed by atoms with van der Waals surface area (Å²) in [5, 5.41) is 2.14. The number of thiophene rings is 1. The van der Waals surface area contributed by atoms with Gasteiger partial charge in [-0.3, -0.25) is 0 Å². The van der Waals surface area contributed by atoms with Crippen molar-refractivity contribution < 1.29 is 0 Å². The molecule has 0 aliphatic rings. The summed E-state index contributed by atoms with van der Waals surface area (Å²) in [4.78, 5) is 1.29. The van der Waals surface area contributed by atoms with Gasteiger partial charge in [-0.05, 0) is 30.0 Å². The molecule has 0 bridgehead atoms. The van der Waals surface area contributed by atoms with E-state index in [1.54, 1.807) is 17.4 Å². The van der Waals surface area contributed by atoms with Gasteiger partial charge in [0.2, 0.25) is 0 Å². The van der Waals surface area contributed by atoms with E-state index in [9.17, 15) is 0 Å². The van der Waals surface area contributed by atoms with E-state index in [4.69, 9.17) is 0 Å². The van der Waals surface area contributed by atoms with Crippen LogP contribution in [0, 0.1) is 6.92 Å². The van der Waals surface area contributed by atoms with Crippen molar-refractivity contribution in [1.82, 2.24) is 0 Å². The van der Waals surface area contributed by atoms with Crippen molar-refractivity contribution in [2.75, 3.05) is 0 Å². The Morgan fingerprint density at radius 2 is 2.40 bits per heavy atom. The van der Waals surface area contributed by atoms with Crippen molar-refractivity contribution in [2.24, 2.45) is 0 Å². The molecule has 0 spiro atoms. The highest BCUT2D eigenvalue weighted by Crippen LogP contribution is 2.14. The summed E-state index contributed by atoms with van der Waals surface area (Å²) in [5.41, 5.74) is 1.33. The molecule has 0 atom stereocenters. The molecular formula is C9H10S. The highest BCUT2D eigenvalue weighted by molar-refractivity contribution is 7.11. The van der Waals surface area contributed by atoms with Crippen molar-refractivity contribution in [3.8, 4) is 0 Å². The zero-order valence-corrected chi connectivity index (χ0v) is 6.82. The van der Waals surface area contributed by atoms with E-state index in [0.717, 1.165) is 0 Å². The Kier molecular flexibility index (Phi) is 2.46. The predicted molar refractivity (Wildman–Crippen MR) is 48.3 cm³/mol. The largest absolute Gasteiger partial charge is 0.144 e. The van der Waals surface area contributed by atoms with Crippen LogP contribution in [0.3, 0.4) is 0 Å². The summed E-state index contributed by atoms with van der Waals surface area (Å²) in [5.74, 6) is 0. The lowest BCUT2D eigenvalue weighted by Crippen LogP contribution is -1.56. The second kappa shape index (κ2) is 3.37. The molecule has 0 saturated heterocycles. The number of hydrogen-bond acceptors (Lipinski definition) is 1. The van der Waals surface area contributed by atoms with Gasteiger partial charge >= 0.3 is 0 Å². The van der Waals surface area contributed by atoms with Crippen LogP contribution >= 0.6 is 11.3 Å².